The number of nitrogens with two attached hydrogens (primary N) is 1. The van der Waals surface area contributed by atoms with Gasteiger partial charge in [0.2, 0.25) is 0 Å². The predicted molar refractivity (Wildman–Crippen MR) is 80.9 cm³/mol. The summed E-state index contributed by atoms with van der Waals surface area (Å²) in [6, 6.07) is 5.57. The molecule has 0 bridgehead atoms. The third-order valence-corrected chi connectivity index (χ3v) is 2.99. The highest BCUT2D eigenvalue weighted by Crippen LogP contribution is 2.30. The molecule has 0 aliphatic carbocycles. The van der Waals surface area contributed by atoms with Crippen LogP contribution in [0.25, 0.3) is 0 Å². The van der Waals surface area contributed by atoms with Gasteiger partial charge in [0.15, 0.2) is 11.5 Å². The number of methoxy groups -OCH3 is 2. The van der Waals surface area contributed by atoms with Crippen LogP contribution in [0.3, 0.4) is 0 Å². The Hall–Kier alpha value is -2.21. The Morgan fingerprint density at radius 1 is 1.38 bits per heavy atom. The second-order valence-electron chi connectivity index (χ2n) is 4.32. The van der Waals surface area contributed by atoms with Crippen molar-refractivity contribution in [3.05, 3.63) is 36.4 Å². The number of alkyl carbamates (subject to hydrolysis) is 1. The van der Waals surface area contributed by atoms with E-state index >= 15 is 0 Å². The Labute approximate surface area is 124 Å². The molecule has 0 unspecified atom stereocenters. The maximum atomic E-state index is 11.4. The summed E-state index contributed by atoms with van der Waals surface area (Å²) in [5, 5.41) is 2.67. The molecule has 1 aromatic rings. The average molecular weight is 294 g/mol. The van der Waals surface area contributed by atoms with E-state index < -0.39 is 6.09 Å². The molecule has 0 aliphatic rings. The maximum absolute atomic E-state index is 11.4. The minimum Gasteiger partial charge on any atom is -0.493 e. The molecule has 0 aliphatic heterocycles. The number of amides is 1. The Morgan fingerprint density at radius 3 is 2.67 bits per heavy atom. The summed E-state index contributed by atoms with van der Waals surface area (Å²) in [5.41, 5.74) is 6.73. The van der Waals surface area contributed by atoms with E-state index in [1.807, 2.05) is 18.2 Å². The van der Waals surface area contributed by atoms with Gasteiger partial charge in [0.05, 0.1) is 14.2 Å². The number of nitrogens with one attached hydrogen (secondary N) is 1. The maximum Gasteiger partial charge on any atom is 0.407 e. The molecule has 0 radical (unpaired) electrons. The van der Waals surface area contributed by atoms with Gasteiger partial charge in [-0.25, -0.2) is 4.79 Å². The van der Waals surface area contributed by atoms with Gasteiger partial charge in [0, 0.05) is 19.0 Å². The first kappa shape index (κ1) is 16.8. The first-order valence-electron chi connectivity index (χ1n) is 6.59. The predicted octanol–water partition coefficient (Wildman–Crippen LogP) is 1.66. The largest absolute Gasteiger partial charge is 0.493 e. The number of carbonyl (C=O) groups is 1. The molecule has 6 nitrogen and oxygen atoms in total. The van der Waals surface area contributed by atoms with Crippen LogP contribution in [0.2, 0.25) is 0 Å². The number of ether oxygens (including phenoxy) is 3. The van der Waals surface area contributed by atoms with Gasteiger partial charge in [-0.3, -0.25) is 0 Å². The Balaban J connectivity index is 2.71. The lowest BCUT2D eigenvalue weighted by molar-refractivity contribution is 0.157. The highest BCUT2D eigenvalue weighted by Gasteiger charge is 2.14. The van der Waals surface area contributed by atoms with Crippen LogP contribution in [-0.2, 0) is 4.74 Å². The van der Waals surface area contributed by atoms with Crippen molar-refractivity contribution < 1.29 is 19.0 Å². The zero-order chi connectivity index (χ0) is 15.7. The van der Waals surface area contributed by atoms with Crippen LogP contribution in [0, 0.1) is 0 Å². The lowest BCUT2D eigenvalue weighted by atomic mass is 9.98. The quantitative estimate of drug-likeness (QED) is 0.712. The van der Waals surface area contributed by atoms with Crippen molar-refractivity contribution in [2.24, 2.45) is 5.73 Å². The molecule has 0 saturated carbocycles. The van der Waals surface area contributed by atoms with Crippen LogP contribution in [0.4, 0.5) is 4.79 Å². The molecule has 3 N–H and O–H groups in total. The molecule has 1 atom stereocenters. The van der Waals surface area contributed by atoms with Crippen LogP contribution in [0.15, 0.2) is 30.9 Å². The number of benzene rings is 1. The molecule has 1 aromatic carbocycles. The topological polar surface area (TPSA) is 82.8 Å². The third kappa shape index (κ3) is 5.00. The van der Waals surface area contributed by atoms with Crippen molar-refractivity contribution in [2.75, 3.05) is 33.9 Å². The van der Waals surface area contributed by atoms with Crippen LogP contribution in [-0.4, -0.2) is 40.0 Å². The van der Waals surface area contributed by atoms with Crippen molar-refractivity contribution in [1.82, 2.24) is 5.32 Å². The molecule has 116 valence electrons. The Bertz CT molecular complexity index is 477. The van der Waals surface area contributed by atoms with E-state index in [0.717, 1.165) is 5.56 Å². The summed E-state index contributed by atoms with van der Waals surface area (Å²) in [6.45, 7) is 4.42. The fraction of sp³-hybridized carbons (Fsp3) is 0.400. The van der Waals surface area contributed by atoms with Gasteiger partial charge in [-0.05, 0) is 17.7 Å². The lowest BCUT2D eigenvalue weighted by Gasteiger charge is -2.17. The number of hydrogen-bond acceptors (Lipinski definition) is 5. The van der Waals surface area contributed by atoms with Crippen molar-refractivity contribution in [2.45, 2.75) is 5.92 Å². The van der Waals surface area contributed by atoms with Gasteiger partial charge in [-0.1, -0.05) is 18.7 Å². The van der Waals surface area contributed by atoms with E-state index in [-0.39, 0.29) is 12.5 Å². The zero-order valence-corrected chi connectivity index (χ0v) is 12.4. The van der Waals surface area contributed by atoms with Gasteiger partial charge in [-0.2, -0.15) is 0 Å². The third-order valence-electron chi connectivity index (χ3n) is 2.99. The van der Waals surface area contributed by atoms with E-state index in [0.29, 0.717) is 24.6 Å². The van der Waals surface area contributed by atoms with Gasteiger partial charge < -0.3 is 25.3 Å². The minimum atomic E-state index is -0.492. The summed E-state index contributed by atoms with van der Waals surface area (Å²) in [6.07, 6.45) is 1.02. The molecule has 0 spiro atoms. The van der Waals surface area contributed by atoms with E-state index in [1.165, 1.54) is 6.08 Å². The van der Waals surface area contributed by atoms with Crippen LogP contribution in [0.5, 0.6) is 11.5 Å². The SMILES string of the molecule is C=CCOC(=O)NC[C@@H](CN)c1ccc(OC)c(OC)c1. The molecule has 0 heterocycles. The lowest BCUT2D eigenvalue weighted by Crippen LogP contribution is -2.32. The van der Waals surface area contributed by atoms with Crippen molar-refractivity contribution >= 4 is 6.09 Å². The molecule has 1 amide bonds. The Morgan fingerprint density at radius 2 is 2.10 bits per heavy atom. The molecule has 6 heteroatoms. The zero-order valence-electron chi connectivity index (χ0n) is 12.4. The summed E-state index contributed by atoms with van der Waals surface area (Å²) in [4.78, 5) is 11.4. The minimum absolute atomic E-state index is 0.0407. The van der Waals surface area contributed by atoms with Crippen molar-refractivity contribution in [3.63, 3.8) is 0 Å². The second-order valence-corrected chi connectivity index (χ2v) is 4.32. The van der Waals surface area contributed by atoms with Crippen molar-refractivity contribution in [1.29, 1.82) is 0 Å². The Kier molecular flexibility index (Phi) is 7.11. The standard InChI is InChI=1S/C15H22N2O4/c1-4-7-21-15(18)17-10-12(9-16)11-5-6-13(19-2)14(8-11)20-3/h4-6,8,12H,1,7,9-10,16H2,2-3H3,(H,17,18)/t12-/m1/s1. The van der Waals surface area contributed by atoms with E-state index in [2.05, 4.69) is 11.9 Å². The summed E-state index contributed by atoms with van der Waals surface area (Å²) >= 11 is 0. The molecule has 1 rings (SSSR count). The summed E-state index contributed by atoms with van der Waals surface area (Å²) in [5.74, 6) is 1.24. The summed E-state index contributed by atoms with van der Waals surface area (Å²) in [7, 11) is 3.15. The van der Waals surface area contributed by atoms with Crippen molar-refractivity contribution in [3.8, 4) is 11.5 Å². The highest BCUT2D eigenvalue weighted by atomic mass is 16.5. The monoisotopic (exact) mass is 294 g/mol. The van der Waals surface area contributed by atoms with Gasteiger partial charge >= 0.3 is 6.09 Å². The number of rotatable bonds is 8. The molecular weight excluding hydrogens is 272 g/mol. The first-order chi connectivity index (χ1) is 10.2. The van der Waals surface area contributed by atoms with Gasteiger partial charge in [-0.15, -0.1) is 0 Å². The fourth-order valence-corrected chi connectivity index (χ4v) is 1.84. The van der Waals surface area contributed by atoms with Gasteiger partial charge in [0.25, 0.3) is 0 Å². The molecule has 21 heavy (non-hydrogen) atoms. The molecule has 0 aromatic heterocycles. The first-order valence-corrected chi connectivity index (χ1v) is 6.59. The highest BCUT2D eigenvalue weighted by molar-refractivity contribution is 5.67. The number of carbonyl (C=O) groups excluding carboxylic acids is 1. The normalized spacial score (nSPS) is 11.4. The van der Waals surface area contributed by atoms with Crippen LogP contribution < -0.4 is 20.5 Å². The molecular formula is C15H22N2O4. The summed E-state index contributed by atoms with van der Waals surface area (Å²) < 4.78 is 15.3. The van der Waals surface area contributed by atoms with E-state index in [4.69, 9.17) is 19.9 Å². The van der Waals surface area contributed by atoms with Crippen LogP contribution in [0.1, 0.15) is 11.5 Å². The fourth-order valence-electron chi connectivity index (χ4n) is 1.84. The average Bonchev–Trinajstić information content (AvgIpc) is 2.53. The molecule has 0 fully saturated rings. The van der Waals surface area contributed by atoms with E-state index in [9.17, 15) is 4.79 Å². The van der Waals surface area contributed by atoms with Crippen LogP contribution >= 0.6 is 0 Å². The molecule has 0 saturated heterocycles. The smallest absolute Gasteiger partial charge is 0.407 e. The van der Waals surface area contributed by atoms with E-state index in [1.54, 1.807) is 14.2 Å². The second kappa shape index (κ2) is 8.86. The van der Waals surface area contributed by atoms with Gasteiger partial charge in [0.1, 0.15) is 6.61 Å². The number of hydrogen-bond donors (Lipinski definition) is 2.